The largest absolute Gasteiger partial charge is 0.500 e. The molecule has 1 atom stereocenters. The summed E-state index contributed by atoms with van der Waals surface area (Å²) in [6.07, 6.45) is -0.0161. The van der Waals surface area contributed by atoms with E-state index < -0.39 is 56.4 Å². The number of hydrogen-bond donors (Lipinski definition) is 1. The van der Waals surface area contributed by atoms with Gasteiger partial charge in [0.25, 0.3) is 0 Å². The number of carboxylic acid groups (broad SMARTS) is 1. The third kappa shape index (κ3) is 16.5. The van der Waals surface area contributed by atoms with E-state index in [0.29, 0.717) is 32.3 Å². The number of carbonyl (C=O) groups is 5. The molecule has 0 aliphatic heterocycles. The van der Waals surface area contributed by atoms with Crippen LogP contribution in [-0.4, -0.2) is 90.0 Å². The summed E-state index contributed by atoms with van der Waals surface area (Å²) in [6, 6.07) is 0.380. The third-order valence-electron chi connectivity index (χ3n) is 6.33. The Morgan fingerprint density at radius 3 is 1.44 bits per heavy atom. The van der Waals surface area contributed by atoms with Crippen molar-refractivity contribution in [2.75, 3.05) is 46.2 Å². The highest BCUT2D eigenvalue weighted by atomic mass is 28.4. The Bertz CT molecular complexity index is 961. The molecule has 14 heteroatoms. The van der Waals surface area contributed by atoms with Crippen LogP contribution in [-0.2, 0) is 56.2 Å². The first-order valence-corrected chi connectivity index (χ1v) is 16.8. The Labute approximate surface area is 267 Å². The molecule has 0 aliphatic rings. The maximum atomic E-state index is 13.1. The number of ether oxygens (including phenoxy) is 4. The van der Waals surface area contributed by atoms with Crippen LogP contribution < -0.4 is 0 Å². The molecule has 0 aromatic carbocycles. The molecule has 0 bridgehead atoms. The van der Waals surface area contributed by atoms with Crippen LogP contribution in [0.4, 0.5) is 0 Å². The van der Waals surface area contributed by atoms with E-state index in [-0.39, 0.29) is 56.0 Å². The van der Waals surface area contributed by atoms with Crippen molar-refractivity contribution < 1.29 is 61.3 Å². The fourth-order valence-corrected chi connectivity index (χ4v) is 6.57. The second-order valence-corrected chi connectivity index (χ2v) is 13.4. The highest BCUT2D eigenvalue weighted by Gasteiger charge is 2.41. The number of esters is 4. The molecule has 13 nitrogen and oxygen atoms in total. The maximum absolute atomic E-state index is 13.1. The lowest BCUT2D eigenvalue weighted by Gasteiger charge is -2.32. The summed E-state index contributed by atoms with van der Waals surface area (Å²) < 4.78 is 39.0. The average Bonchev–Trinajstić information content (AvgIpc) is 2.96. The number of carbonyl (C=O) groups excluding carboxylic acids is 4. The summed E-state index contributed by atoms with van der Waals surface area (Å²) in [4.78, 5) is 61.4. The summed E-state index contributed by atoms with van der Waals surface area (Å²) in [5.41, 5.74) is -1.03. The van der Waals surface area contributed by atoms with Gasteiger partial charge in [-0.25, -0.2) is 14.4 Å². The fourth-order valence-electron chi connectivity index (χ4n) is 3.93. The Kier molecular flexibility index (Phi) is 19.8. The van der Waals surface area contributed by atoms with E-state index in [1.54, 1.807) is 0 Å². The maximum Gasteiger partial charge on any atom is 0.500 e. The molecule has 0 aliphatic carbocycles. The molecule has 0 radical (unpaired) electrons. The van der Waals surface area contributed by atoms with Crippen LogP contribution in [0.15, 0.2) is 36.5 Å². The van der Waals surface area contributed by atoms with Gasteiger partial charge in [0.15, 0.2) is 0 Å². The molecular formula is C31H50O13Si. The van der Waals surface area contributed by atoms with E-state index >= 15 is 0 Å². The van der Waals surface area contributed by atoms with Crippen molar-refractivity contribution in [1.82, 2.24) is 0 Å². The number of aliphatic carboxylic acids is 1. The molecule has 0 rings (SSSR count). The van der Waals surface area contributed by atoms with Gasteiger partial charge in [0.2, 0.25) is 0 Å². The summed E-state index contributed by atoms with van der Waals surface area (Å²) in [5, 5.41) is 9.46. The van der Waals surface area contributed by atoms with Crippen molar-refractivity contribution in [3.05, 3.63) is 36.5 Å². The van der Waals surface area contributed by atoms with Gasteiger partial charge in [0, 0.05) is 42.6 Å². The van der Waals surface area contributed by atoms with Crippen LogP contribution in [0.1, 0.15) is 67.2 Å². The van der Waals surface area contributed by atoms with Crippen molar-refractivity contribution >= 4 is 38.7 Å². The SMILES string of the molecule is C=C(C)C(=O)OCC(CCOC(=O)C(CCC[Si](OCC)(OCC)OCC)CC(=O)O)(COC(=O)C(=C)C)COC(=O)C(=C)C. The highest BCUT2D eigenvalue weighted by molar-refractivity contribution is 6.60. The molecule has 0 aromatic rings. The van der Waals surface area contributed by atoms with Gasteiger partial charge in [0.1, 0.15) is 19.8 Å². The summed E-state index contributed by atoms with van der Waals surface area (Å²) in [7, 11) is -3.01. The second-order valence-electron chi connectivity index (χ2n) is 10.7. The highest BCUT2D eigenvalue weighted by Crippen LogP contribution is 2.28. The van der Waals surface area contributed by atoms with Gasteiger partial charge in [-0.15, -0.1) is 0 Å². The minimum Gasteiger partial charge on any atom is -0.481 e. The zero-order valence-electron chi connectivity index (χ0n) is 27.5. The van der Waals surface area contributed by atoms with Crippen molar-refractivity contribution in [1.29, 1.82) is 0 Å². The first kappa shape index (κ1) is 41.7. The summed E-state index contributed by atoms with van der Waals surface area (Å²) >= 11 is 0. The summed E-state index contributed by atoms with van der Waals surface area (Å²) in [6.45, 7) is 20.1. The lowest BCUT2D eigenvalue weighted by molar-refractivity contribution is -0.163. The lowest BCUT2D eigenvalue weighted by atomic mass is 9.87. The Morgan fingerprint density at radius 2 is 1.11 bits per heavy atom. The van der Waals surface area contributed by atoms with Crippen LogP contribution >= 0.6 is 0 Å². The standard InChI is InChI=1S/C31H50O13Si/c1-10-42-45(43-11-2,44-12-3)17-13-14-25(18-26(32)33)30(37)38-16-15-31(19-39-27(34)22(4)5,20-40-28(35)23(6)7)21-41-29(36)24(8)9/h25H,4,6,8,10-21H2,1-3,5,7,9H3,(H,32,33). The topological polar surface area (TPSA) is 170 Å². The van der Waals surface area contributed by atoms with Crippen molar-refractivity contribution in [2.24, 2.45) is 11.3 Å². The van der Waals surface area contributed by atoms with E-state index in [9.17, 15) is 29.1 Å². The van der Waals surface area contributed by atoms with E-state index in [4.69, 9.17) is 32.2 Å². The molecule has 0 amide bonds. The molecule has 0 heterocycles. The Hall–Kier alpha value is -3.33. The van der Waals surface area contributed by atoms with E-state index in [1.807, 2.05) is 20.8 Å². The quantitative estimate of drug-likeness (QED) is 0.0642. The van der Waals surface area contributed by atoms with Gasteiger partial charge in [-0.2, -0.15) is 0 Å². The van der Waals surface area contributed by atoms with Gasteiger partial charge < -0.3 is 37.3 Å². The molecule has 1 N–H and O–H groups in total. The molecule has 0 aromatic heterocycles. The summed E-state index contributed by atoms with van der Waals surface area (Å²) in [5.74, 6) is -5.14. The molecular weight excluding hydrogens is 608 g/mol. The molecule has 0 saturated carbocycles. The number of rotatable bonds is 25. The predicted molar refractivity (Wildman–Crippen MR) is 166 cm³/mol. The second kappa shape index (κ2) is 21.4. The molecule has 0 saturated heterocycles. The van der Waals surface area contributed by atoms with Crippen LogP contribution in [0, 0.1) is 11.3 Å². The van der Waals surface area contributed by atoms with Crippen molar-refractivity contribution in [3.8, 4) is 0 Å². The molecule has 45 heavy (non-hydrogen) atoms. The third-order valence-corrected chi connectivity index (χ3v) is 9.48. The van der Waals surface area contributed by atoms with Gasteiger partial charge in [-0.1, -0.05) is 19.7 Å². The Morgan fingerprint density at radius 1 is 0.711 bits per heavy atom. The molecule has 256 valence electrons. The van der Waals surface area contributed by atoms with Gasteiger partial charge >= 0.3 is 38.7 Å². The van der Waals surface area contributed by atoms with Crippen LogP contribution in [0.3, 0.4) is 0 Å². The minimum absolute atomic E-state index is 0.0933. The monoisotopic (exact) mass is 658 g/mol. The van der Waals surface area contributed by atoms with E-state index in [0.717, 1.165) is 0 Å². The lowest BCUT2D eigenvalue weighted by Crippen LogP contribution is -2.46. The molecule has 0 spiro atoms. The molecule has 0 fully saturated rings. The number of carboxylic acids is 1. The first-order chi connectivity index (χ1) is 21.1. The predicted octanol–water partition coefficient (Wildman–Crippen LogP) is 4.18. The van der Waals surface area contributed by atoms with E-state index in [1.165, 1.54) is 20.8 Å². The first-order valence-electron chi connectivity index (χ1n) is 14.9. The van der Waals surface area contributed by atoms with Crippen molar-refractivity contribution in [2.45, 2.75) is 73.3 Å². The van der Waals surface area contributed by atoms with E-state index in [2.05, 4.69) is 19.7 Å². The minimum atomic E-state index is -3.01. The van der Waals surface area contributed by atoms with Gasteiger partial charge in [0.05, 0.1) is 24.4 Å². The van der Waals surface area contributed by atoms with Crippen LogP contribution in [0.5, 0.6) is 0 Å². The normalized spacial score (nSPS) is 12.0. The van der Waals surface area contributed by atoms with Gasteiger partial charge in [-0.3, -0.25) is 9.59 Å². The Balaban J connectivity index is 5.90. The smallest absolute Gasteiger partial charge is 0.481 e. The van der Waals surface area contributed by atoms with Crippen LogP contribution in [0.2, 0.25) is 6.04 Å². The van der Waals surface area contributed by atoms with Crippen molar-refractivity contribution in [3.63, 3.8) is 0 Å². The molecule has 1 unspecified atom stereocenters. The van der Waals surface area contributed by atoms with Crippen LogP contribution in [0.25, 0.3) is 0 Å². The number of hydrogen-bond acceptors (Lipinski definition) is 12. The van der Waals surface area contributed by atoms with Gasteiger partial charge in [-0.05, 0) is 60.8 Å². The zero-order valence-corrected chi connectivity index (χ0v) is 28.5. The average molecular weight is 659 g/mol. The zero-order chi connectivity index (χ0) is 34.6. The fraction of sp³-hybridized carbons (Fsp3) is 0.645.